The highest BCUT2D eigenvalue weighted by Gasteiger charge is 2.15. The quantitative estimate of drug-likeness (QED) is 0.894. The Morgan fingerprint density at radius 1 is 1.28 bits per heavy atom. The summed E-state index contributed by atoms with van der Waals surface area (Å²) in [7, 11) is 0. The zero-order valence-corrected chi connectivity index (χ0v) is 10.7. The van der Waals surface area contributed by atoms with Gasteiger partial charge in [0.15, 0.2) is 0 Å². The van der Waals surface area contributed by atoms with E-state index < -0.39 is 0 Å². The number of benzene rings is 1. The molecule has 94 valence electrons. The smallest absolute Gasteiger partial charge is 0.254 e. The van der Waals surface area contributed by atoms with Gasteiger partial charge < -0.3 is 9.73 Å². The van der Waals surface area contributed by atoms with Gasteiger partial charge in [0.25, 0.3) is 5.91 Å². The van der Waals surface area contributed by atoms with Gasteiger partial charge in [-0.1, -0.05) is 37.3 Å². The van der Waals surface area contributed by atoms with Crippen LogP contribution < -0.4 is 5.32 Å². The Morgan fingerprint density at radius 2 is 2.00 bits per heavy atom. The van der Waals surface area contributed by atoms with Crippen molar-refractivity contribution in [1.29, 1.82) is 0 Å². The third-order valence-electron chi connectivity index (χ3n) is 2.76. The van der Waals surface area contributed by atoms with Crippen LogP contribution in [0.5, 0.6) is 0 Å². The largest absolute Gasteiger partial charge is 0.461 e. The summed E-state index contributed by atoms with van der Waals surface area (Å²) in [5.74, 6) is 1.32. The topological polar surface area (TPSA) is 42.2 Å². The van der Waals surface area contributed by atoms with Gasteiger partial charge in [-0.3, -0.25) is 4.79 Å². The van der Waals surface area contributed by atoms with Crippen LogP contribution in [0.3, 0.4) is 0 Å². The highest BCUT2D eigenvalue weighted by Crippen LogP contribution is 2.24. The molecule has 1 aromatic carbocycles. The molecule has 3 heteroatoms. The third kappa shape index (κ3) is 2.62. The van der Waals surface area contributed by atoms with Gasteiger partial charge >= 0.3 is 0 Å². The predicted octanol–water partition coefficient (Wildman–Crippen LogP) is 3.39. The standard InChI is InChI=1S/C15H17NO2/c1-3-9-16-15(17)13-10-14(18-11(13)2)12-7-5-4-6-8-12/h4-8,10H,3,9H2,1-2H3,(H,16,17). The highest BCUT2D eigenvalue weighted by molar-refractivity contribution is 5.96. The first-order valence-corrected chi connectivity index (χ1v) is 6.16. The minimum absolute atomic E-state index is 0.0692. The zero-order valence-electron chi connectivity index (χ0n) is 10.7. The summed E-state index contributed by atoms with van der Waals surface area (Å²) >= 11 is 0. The van der Waals surface area contributed by atoms with Gasteiger partial charge in [0.1, 0.15) is 11.5 Å². The fourth-order valence-corrected chi connectivity index (χ4v) is 1.79. The van der Waals surface area contributed by atoms with E-state index in [-0.39, 0.29) is 5.91 Å². The lowest BCUT2D eigenvalue weighted by molar-refractivity contribution is 0.0952. The third-order valence-corrected chi connectivity index (χ3v) is 2.76. The summed E-state index contributed by atoms with van der Waals surface area (Å²) < 4.78 is 5.64. The molecule has 0 unspecified atom stereocenters. The lowest BCUT2D eigenvalue weighted by atomic mass is 10.1. The van der Waals surface area contributed by atoms with Gasteiger partial charge in [0.05, 0.1) is 5.56 Å². The Morgan fingerprint density at radius 3 is 2.67 bits per heavy atom. The molecule has 0 aliphatic rings. The maximum Gasteiger partial charge on any atom is 0.254 e. The van der Waals surface area contributed by atoms with E-state index in [9.17, 15) is 4.79 Å². The first kappa shape index (κ1) is 12.4. The number of carbonyl (C=O) groups excluding carboxylic acids is 1. The van der Waals surface area contributed by atoms with E-state index in [0.717, 1.165) is 17.7 Å². The molecule has 0 aliphatic heterocycles. The van der Waals surface area contributed by atoms with Crippen molar-refractivity contribution in [2.24, 2.45) is 0 Å². The van der Waals surface area contributed by atoms with Crippen LogP contribution in [0.2, 0.25) is 0 Å². The maximum absolute atomic E-state index is 11.9. The number of hydrogen-bond donors (Lipinski definition) is 1. The lowest BCUT2D eigenvalue weighted by Crippen LogP contribution is -2.24. The average Bonchev–Trinajstić information content (AvgIpc) is 2.79. The number of nitrogens with one attached hydrogen (secondary N) is 1. The summed E-state index contributed by atoms with van der Waals surface area (Å²) in [5, 5.41) is 2.86. The molecule has 3 nitrogen and oxygen atoms in total. The number of aryl methyl sites for hydroxylation is 1. The van der Waals surface area contributed by atoms with Gasteiger partial charge in [-0.15, -0.1) is 0 Å². The van der Waals surface area contributed by atoms with E-state index >= 15 is 0 Å². The zero-order chi connectivity index (χ0) is 13.0. The molecular formula is C15H17NO2. The summed E-state index contributed by atoms with van der Waals surface area (Å²) in [4.78, 5) is 11.9. The molecule has 0 radical (unpaired) electrons. The molecule has 1 aromatic heterocycles. The molecular weight excluding hydrogens is 226 g/mol. The summed E-state index contributed by atoms with van der Waals surface area (Å²) in [5.41, 5.74) is 1.59. The van der Waals surface area contributed by atoms with Crippen LogP contribution in [0.25, 0.3) is 11.3 Å². The van der Waals surface area contributed by atoms with Crippen molar-refractivity contribution in [3.05, 3.63) is 47.7 Å². The van der Waals surface area contributed by atoms with Crippen molar-refractivity contribution >= 4 is 5.91 Å². The molecule has 2 aromatic rings. The number of rotatable bonds is 4. The second-order valence-corrected chi connectivity index (χ2v) is 4.20. The molecule has 0 aliphatic carbocycles. The molecule has 18 heavy (non-hydrogen) atoms. The molecule has 1 amide bonds. The Hall–Kier alpha value is -2.03. The summed E-state index contributed by atoms with van der Waals surface area (Å²) in [6.45, 7) is 4.52. The maximum atomic E-state index is 11.9. The van der Waals surface area contributed by atoms with Crippen molar-refractivity contribution in [3.8, 4) is 11.3 Å². The van der Waals surface area contributed by atoms with Crippen LogP contribution in [-0.4, -0.2) is 12.5 Å². The van der Waals surface area contributed by atoms with Crippen molar-refractivity contribution in [2.75, 3.05) is 6.54 Å². The molecule has 0 bridgehead atoms. The molecule has 0 saturated carbocycles. The summed E-state index contributed by atoms with van der Waals surface area (Å²) in [6, 6.07) is 11.6. The van der Waals surface area contributed by atoms with E-state index in [4.69, 9.17) is 4.42 Å². The Bertz CT molecular complexity index is 529. The average molecular weight is 243 g/mol. The normalized spacial score (nSPS) is 10.3. The Labute approximate surface area is 107 Å². The number of hydrogen-bond acceptors (Lipinski definition) is 2. The van der Waals surface area contributed by atoms with Crippen LogP contribution in [-0.2, 0) is 0 Å². The predicted molar refractivity (Wildman–Crippen MR) is 71.5 cm³/mol. The minimum Gasteiger partial charge on any atom is -0.461 e. The second-order valence-electron chi connectivity index (χ2n) is 4.20. The second kappa shape index (κ2) is 5.54. The van der Waals surface area contributed by atoms with E-state index in [0.29, 0.717) is 17.9 Å². The van der Waals surface area contributed by atoms with E-state index in [1.54, 1.807) is 6.07 Å². The van der Waals surface area contributed by atoms with Crippen LogP contribution >= 0.6 is 0 Å². The van der Waals surface area contributed by atoms with Gasteiger partial charge in [-0.05, 0) is 19.4 Å². The molecule has 0 spiro atoms. The molecule has 0 fully saturated rings. The fourth-order valence-electron chi connectivity index (χ4n) is 1.79. The van der Waals surface area contributed by atoms with E-state index in [1.165, 1.54) is 0 Å². The molecule has 1 N–H and O–H groups in total. The lowest BCUT2D eigenvalue weighted by Gasteiger charge is -2.00. The monoisotopic (exact) mass is 243 g/mol. The first-order chi connectivity index (χ1) is 8.72. The molecule has 0 atom stereocenters. The van der Waals surface area contributed by atoms with Crippen molar-refractivity contribution < 1.29 is 9.21 Å². The van der Waals surface area contributed by atoms with Crippen LogP contribution in [0.1, 0.15) is 29.5 Å². The molecule has 0 saturated heterocycles. The number of amides is 1. The fraction of sp³-hybridized carbons (Fsp3) is 0.267. The number of furan rings is 1. The van der Waals surface area contributed by atoms with Crippen molar-refractivity contribution in [1.82, 2.24) is 5.32 Å². The van der Waals surface area contributed by atoms with Gasteiger partial charge in [0.2, 0.25) is 0 Å². The van der Waals surface area contributed by atoms with Crippen LogP contribution in [0, 0.1) is 6.92 Å². The van der Waals surface area contributed by atoms with Crippen molar-refractivity contribution in [3.63, 3.8) is 0 Å². The highest BCUT2D eigenvalue weighted by atomic mass is 16.3. The SMILES string of the molecule is CCCNC(=O)c1cc(-c2ccccc2)oc1C. The Balaban J connectivity index is 2.25. The number of carbonyl (C=O) groups is 1. The summed E-state index contributed by atoms with van der Waals surface area (Å²) in [6.07, 6.45) is 0.925. The minimum atomic E-state index is -0.0692. The van der Waals surface area contributed by atoms with Crippen molar-refractivity contribution in [2.45, 2.75) is 20.3 Å². The molecule has 1 heterocycles. The van der Waals surface area contributed by atoms with Gasteiger partial charge in [-0.2, -0.15) is 0 Å². The first-order valence-electron chi connectivity index (χ1n) is 6.16. The Kier molecular flexibility index (Phi) is 3.82. The molecule has 2 rings (SSSR count). The van der Waals surface area contributed by atoms with Crippen LogP contribution in [0.15, 0.2) is 40.8 Å². The van der Waals surface area contributed by atoms with E-state index in [1.807, 2.05) is 44.2 Å². The van der Waals surface area contributed by atoms with E-state index in [2.05, 4.69) is 5.32 Å². The van der Waals surface area contributed by atoms with Gasteiger partial charge in [-0.25, -0.2) is 0 Å². The van der Waals surface area contributed by atoms with Crippen LogP contribution in [0.4, 0.5) is 0 Å². The van der Waals surface area contributed by atoms with Gasteiger partial charge in [0, 0.05) is 12.1 Å².